The zero-order valence-electron chi connectivity index (χ0n) is 21.1. The summed E-state index contributed by atoms with van der Waals surface area (Å²) < 4.78 is 33.8. The molecule has 1 aliphatic carbocycles. The van der Waals surface area contributed by atoms with E-state index in [-0.39, 0.29) is 11.7 Å². The molecule has 8 nitrogen and oxygen atoms in total. The lowest BCUT2D eigenvalue weighted by Crippen LogP contribution is -2.37. The summed E-state index contributed by atoms with van der Waals surface area (Å²) in [6.45, 7) is 6.58. The molecule has 0 saturated heterocycles. The molecule has 1 N–H and O–H groups in total. The van der Waals surface area contributed by atoms with Gasteiger partial charge in [-0.15, -0.1) is 0 Å². The fourth-order valence-corrected chi connectivity index (χ4v) is 6.59. The number of methoxy groups -OCH3 is 4. The average molecular weight is 498 g/mol. The van der Waals surface area contributed by atoms with Gasteiger partial charge in [0.25, 0.3) is 11.9 Å². The number of benzene rings is 1. The van der Waals surface area contributed by atoms with Crippen LogP contribution in [0, 0.1) is 0 Å². The Kier molecular flexibility index (Phi) is 6.57. The molecular formula is C26H31NO7Si. The van der Waals surface area contributed by atoms with E-state index in [4.69, 9.17) is 28.1 Å². The first-order valence-corrected chi connectivity index (χ1v) is 14.3. The minimum absolute atomic E-state index is 0.0765. The molecule has 4 rings (SSSR count). The quantitative estimate of drug-likeness (QED) is 0.496. The van der Waals surface area contributed by atoms with E-state index in [1.807, 2.05) is 6.92 Å². The van der Waals surface area contributed by atoms with Crippen molar-refractivity contribution >= 4 is 19.7 Å². The highest BCUT2D eigenvalue weighted by Gasteiger charge is 2.41. The van der Waals surface area contributed by atoms with Gasteiger partial charge in [0.05, 0.1) is 21.3 Å². The Morgan fingerprint density at radius 1 is 1.06 bits per heavy atom. The van der Waals surface area contributed by atoms with Gasteiger partial charge < -0.3 is 33.4 Å². The minimum atomic E-state index is -1.66. The van der Waals surface area contributed by atoms with E-state index in [0.29, 0.717) is 35.1 Å². The summed E-state index contributed by atoms with van der Waals surface area (Å²) in [5.74, 6) is 1.77. The third-order valence-electron chi connectivity index (χ3n) is 6.49. The Morgan fingerprint density at radius 2 is 1.74 bits per heavy atom. The lowest BCUT2D eigenvalue weighted by molar-refractivity contribution is 0.00492. The van der Waals surface area contributed by atoms with Gasteiger partial charge in [-0.25, -0.2) is 0 Å². The molecule has 0 fully saturated rings. The van der Waals surface area contributed by atoms with Gasteiger partial charge in [0, 0.05) is 31.7 Å². The fraction of sp³-hybridized carbons (Fsp3) is 0.346. The van der Waals surface area contributed by atoms with E-state index in [2.05, 4.69) is 36.3 Å². The Morgan fingerprint density at radius 3 is 2.34 bits per heavy atom. The van der Waals surface area contributed by atoms with Crippen LogP contribution >= 0.6 is 0 Å². The highest BCUT2D eigenvalue weighted by atomic mass is 28.3. The van der Waals surface area contributed by atoms with Crippen molar-refractivity contribution in [3.8, 4) is 23.2 Å². The predicted octanol–water partition coefficient (Wildman–Crippen LogP) is 5.28. The normalized spacial score (nSPS) is 20.3. The van der Waals surface area contributed by atoms with Gasteiger partial charge in [-0.1, -0.05) is 24.9 Å². The van der Waals surface area contributed by atoms with E-state index >= 15 is 0 Å². The second-order valence-electron chi connectivity index (χ2n) is 9.20. The zero-order chi connectivity index (χ0) is 25.4. The van der Waals surface area contributed by atoms with Crippen LogP contribution in [0.25, 0.3) is 0 Å². The molecule has 1 unspecified atom stereocenters. The maximum absolute atomic E-state index is 13.0. The van der Waals surface area contributed by atoms with Gasteiger partial charge in [0.2, 0.25) is 0 Å². The molecule has 2 aliphatic rings. The van der Waals surface area contributed by atoms with Gasteiger partial charge in [-0.2, -0.15) is 0 Å². The van der Waals surface area contributed by atoms with Crippen molar-refractivity contribution in [2.24, 2.45) is 0 Å². The lowest BCUT2D eigenvalue weighted by Gasteiger charge is -2.35. The average Bonchev–Trinajstić information content (AvgIpc) is 3.43. The number of hydrogen-bond donors (Lipinski definition) is 1. The van der Waals surface area contributed by atoms with Crippen LogP contribution in [-0.4, -0.2) is 48.0 Å². The van der Waals surface area contributed by atoms with Crippen molar-refractivity contribution in [2.45, 2.75) is 32.0 Å². The molecular weight excluding hydrogens is 466 g/mol. The van der Waals surface area contributed by atoms with Crippen LogP contribution in [0.1, 0.15) is 23.9 Å². The molecule has 1 aliphatic heterocycles. The summed E-state index contributed by atoms with van der Waals surface area (Å²) in [7, 11) is 4.54. The van der Waals surface area contributed by atoms with Crippen molar-refractivity contribution in [3.05, 3.63) is 64.4 Å². The van der Waals surface area contributed by atoms with Gasteiger partial charge >= 0.3 is 0 Å². The highest BCUT2D eigenvalue weighted by Crippen LogP contribution is 2.43. The van der Waals surface area contributed by atoms with E-state index in [0.717, 1.165) is 0 Å². The van der Waals surface area contributed by atoms with Crippen LogP contribution in [0.3, 0.4) is 0 Å². The molecule has 9 heteroatoms. The molecule has 186 valence electrons. The van der Waals surface area contributed by atoms with Crippen molar-refractivity contribution in [1.82, 2.24) is 0 Å². The fourth-order valence-electron chi connectivity index (χ4n) is 4.29. The zero-order valence-corrected chi connectivity index (χ0v) is 22.1. The summed E-state index contributed by atoms with van der Waals surface area (Å²) in [6.07, 6.45) is 5.00. The number of nitrogens with one attached hydrogen (secondary N) is 1. The number of carbonyl (C=O) groups is 1. The van der Waals surface area contributed by atoms with Gasteiger partial charge in [0.15, 0.2) is 5.76 Å². The smallest absolute Gasteiger partial charge is 0.291 e. The second-order valence-corrected chi connectivity index (χ2v) is 13.5. The molecule has 1 amide bonds. The van der Waals surface area contributed by atoms with Crippen molar-refractivity contribution in [1.29, 1.82) is 0 Å². The Bertz CT molecular complexity index is 1220. The number of furan rings is 1. The molecule has 1 aromatic heterocycles. The van der Waals surface area contributed by atoms with E-state index in [1.54, 1.807) is 31.4 Å². The predicted molar refractivity (Wildman–Crippen MR) is 135 cm³/mol. The summed E-state index contributed by atoms with van der Waals surface area (Å²) in [6, 6.07) is 6.48. The third-order valence-corrected chi connectivity index (χ3v) is 9.34. The van der Waals surface area contributed by atoms with E-state index < -0.39 is 19.6 Å². The maximum Gasteiger partial charge on any atom is 0.291 e. The summed E-state index contributed by atoms with van der Waals surface area (Å²) in [5.41, 5.74) is 3.34. The maximum atomic E-state index is 13.0. The molecule has 2 aromatic rings. The van der Waals surface area contributed by atoms with Crippen LogP contribution < -0.4 is 24.3 Å². The van der Waals surface area contributed by atoms with Crippen molar-refractivity contribution in [2.75, 3.05) is 33.8 Å². The topological polar surface area (TPSA) is 88.4 Å². The minimum Gasteiger partial charge on any atom is -0.496 e. The van der Waals surface area contributed by atoms with Crippen LogP contribution in [0.2, 0.25) is 13.1 Å². The SMILES string of the molecule is COc1cc(OC)c(NC(=O)c2ccc(OC3=CC4=C(C=C[Si]4(C)C)CC3(C)OC)o2)c(OC)c1. The largest absolute Gasteiger partial charge is 0.496 e. The van der Waals surface area contributed by atoms with Crippen LogP contribution in [0.5, 0.6) is 23.2 Å². The first-order valence-electron chi connectivity index (χ1n) is 11.2. The summed E-state index contributed by atoms with van der Waals surface area (Å²) in [5, 5.41) is 4.12. The number of rotatable bonds is 8. The molecule has 0 spiro atoms. The van der Waals surface area contributed by atoms with E-state index in [1.165, 1.54) is 32.1 Å². The molecule has 2 heterocycles. The highest BCUT2D eigenvalue weighted by molar-refractivity contribution is 6.90. The van der Waals surface area contributed by atoms with Gasteiger partial charge in [-0.05, 0) is 29.8 Å². The Balaban J connectivity index is 1.57. The number of allylic oxidation sites excluding steroid dienone is 3. The van der Waals surface area contributed by atoms with Crippen molar-refractivity contribution < 1.29 is 32.9 Å². The van der Waals surface area contributed by atoms with Gasteiger partial charge in [-0.3, -0.25) is 4.79 Å². The number of anilines is 1. The van der Waals surface area contributed by atoms with E-state index in [9.17, 15) is 4.79 Å². The molecule has 0 bridgehead atoms. The standard InChI is InChI=1S/C26H31NO7Si/c1-26(32-5)15-16-10-11-35(6,7)21(16)14-22(26)34-23-9-8-18(33-23)25(28)27-24-19(30-3)12-17(29-2)13-20(24)31-4/h8-14H,15H2,1-7H3,(H,27,28). The molecule has 0 saturated carbocycles. The lowest BCUT2D eigenvalue weighted by atomic mass is 9.89. The van der Waals surface area contributed by atoms with Crippen LogP contribution in [0.4, 0.5) is 5.69 Å². The Hall–Kier alpha value is -3.43. The monoisotopic (exact) mass is 497 g/mol. The molecule has 0 radical (unpaired) electrons. The first kappa shape index (κ1) is 24.7. The van der Waals surface area contributed by atoms with Gasteiger partial charge in [0.1, 0.15) is 42.4 Å². The van der Waals surface area contributed by atoms with Crippen molar-refractivity contribution in [3.63, 3.8) is 0 Å². The third kappa shape index (κ3) is 4.61. The number of ether oxygens (including phenoxy) is 5. The van der Waals surface area contributed by atoms with Crippen LogP contribution in [-0.2, 0) is 4.74 Å². The summed E-state index contributed by atoms with van der Waals surface area (Å²) in [4.78, 5) is 13.0. The van der Waals surface area contributed by atoms with Crippen LogP contribution in [0.15, 0.2) is 63.1 Å². The number of hydrogen-bond acceptors (Lipinski definition) is 7. The number of carbonyl (C=O) groups excluding carboxylic acids is 1. The number of amides is 1. The summed E-state index contributed by atoms with van der Waals surface area (Å²) >= 11 is 0. The molecule has 1 atom stereocenters. The Labute approximate surface area is 206 Å². The molecule has 35 heavy (non-hydrogen) atoms. The second kappa shape index (κ2) is 9.31. The first-order chi connectivity index (χ1) is 16.6. The molecule has 1 aromatic carbocycles.